The molecular weight excluding hydrogens is 264 g/mol. The third-order valence-electron chi connectivity index (χ3n) is 3.74. The Balaban J connectivity index is 2.48. The van der Waals surface area contributed by atoms with E-state index in [2.05, 4.69) is 0 Å². The summed E-state index contributed by atoms with van der Waals surface area (Å²) in [6, 6.07) is 17.4. The van der Waals surface area contributed by atoms with E-state index in [0.29, 0.717) is 0 Å². The average Bonchev–Trinajstić information content (AvgIpc) is 2.54. The van der Waals surface area contributed by atoms with Crippen LogP contribution in [0.5, 0.6) is 0 Å². The first-order valence-corrected chi connectivity index (χ1v) is 6.89. The molecule has 0 fully saturated rings. The molecule has 0 aromatic heterocycles. The number of methoxy groups -OCH3 is 1. The maximum absolute atomic E-state index is 11.9. The maximum atomic E-state index is 11.9. The van der Waals surface area contributed by atoms with Gasteiger partial charge in [0.15, 0.2) is 0 Å². The lowest BCUT2D eigenvalue weighted by Crippen LogP contribution is -2.32. The fraction of sp³-hybridized carbons (Fsp3) is 0.278. The fourth-order valence-electron chi connectivity index (χ4n) is 2.38. The van der Waals surface area contributed by atoms with Gasteiger partial charge in [-0.1, -0.05) is 54.6 Å². The van der Waals surface area contributed by atoms with Crippen molar-refractivity contribution in [3.8, 4) is 11.1 Å². The van der Waals surface area contributed by atoms with E-state index in [1.54, 1.807) is 13.8 Å². The number of ether oxygens (including phenoxy) is 1. The van der Waals surface area contributed by atoms with Crippen molar-refractivity contribution >= 4 is 5.97 Å². The Bertz CT molecular complexity index is 617. The highest BCUT2D eigenvalue weighted by Gasteiger charge is 2.38. The van der Waals surface area contributed by atoms with Gasteiger partial charge in [0.1, 0.15) is 0 Å². The Hall–Kier alpha value is -2.13. The van der Waals surface area contributed by atoms with Gasteiger partial charge in [-0.2, -0.15) is 0 Å². The zero-order valence-corrected chi connectivity index (χ0v) is 12.5. The van der Waals surface area contributed by atoms with E-state index in [4.69, 9.17) is 4.74 Å². The lowest BCUT2D eigenvalue weighted by molar-refractivity contribution is -0.157. The van der Waals surface area contributed by atoms with Gasteiger partial charge >= 0.3 is 5.97 Å². The molecule has 2 rings (SSSR count). The number of rotatable bonds is 4. The molecule has 3 nitrogen and oxygen atoms in total. The first kappa shape index (κ1) is 15.3. The van der Waals surface area contributed by atoms with Gasteiger partial charge in [0, 0.05) is 0 Å². The van der Waals surface area contributed by atoms with Crippen LogP contribution in [0.15, 0.2) is 54.6 Å². The largest absolute Gasteiger partial charge is 0.469 e. The van der Waals surface area contributed by atoms with Crippen LogP contribution < -0.4 is 0 Å². The predicted molar refractivity (Wildman–Crippen MR) is 82.6 cm³/mol. The van der Waals surface area contributed by atoms with Gasteiger partial charge in [-0.05, 0) is 30.5 Å². The van der Waals surface area contributed by atoms with Crippen LogP contribution in [0, 0.1) is 5.41 Å². The number of hydrogen-bond acceptors (Lipinski definition) is 3. The molecule has 0 saturated carbocycles. The van der Waals surface area contributed by atoms with Crippen molar-refractivity contribution in [2.75, 3.05) is 7.11 Å². The summed E-state index contributed by atoms with van der Waals surface area (Å²) in [5.74, 6) is -0.433. The fourth-order valence-corrected chi connectivity index (χ4v) is 2.38. The quantitative estimate of drug-likeness (QED) is 0.873. The molecule has 2 aromatic carbocycles. The van der Waals surface area contributed by atoms with E-state index >= 15 is 0 Å². The van der Waals surface area contributed by atoms with E-state index < -0.39 is 17.5 Å². The topological polar surface area (TPSA) is 46.5 Å². The molecule has 1 unspecified atom stereocenters. The second-order valence-electron chi connectivity index (χ2n) is 5.57. The van der Waals surface area contributed by atoms with Gasteiger partial charge in [0.2, 0.25) is 0 Å². The van der Waals surface area contributed by atoms with Gasteiger partial charge in [-0.3, -0.25) is 4.79 Å². The predicted octanol–water partition coefficient (Wildman–Crippen LogP) is 3.59. The molecule has 0 amide bonds. The molecule has 2 aromatic rings. The normalized spacial score (nSPS) is 12.8. The lowest BCUT2D eigenvalue weighted by atomic mass is 9.80. The van der Waals surface area contributed by atoms with Gasteiger partial charge in [0.25, 0.3) is 0 Å². The summed E-state index contributed by atoms with van der Waals surface area (Å²) in [4.78, 5) is 11.9. The molecule has 1 N–H and O–H groups in total. The number of benzene rings is 2. The molecule has 0 bridgehead atoms. The van der Waals surface area contributed by atoms with Gasteiger partial charge in [0.05, 0.1) is 18.6 Å². The molecule has 0 aliphatic rings. The average molecular weight is 284 g/mol. The molecule has 0 aliphatic carbocycles. The molecule has 1 atom stereocenters. The van der Waals surface area contributed by atoms with E-state index in [0.717, 1.165) is 16.7 Å². The third-order valence-corrected chi connectivity index (χ3v) is 3.74. The minimum absolute atomic E-state index is 0.433. The second kappa shape index (κ2) is 6.10. The van der Waals surface area contributed by atoms with Gasteiger partial charge in [-0.15, -0.1) is 0 Å². The lowest BCUT2D eigenvalue weighted by Gasteiger charge is -2.29. The van der Waals surface area contributed by atoms with Crippen LogP contribution in [-0.2, 0) is 9.53 Å². The van der Waals surface area contributed by atoms with Crippen LogP contribution in [0.2, 0.25) is 0 Å². The minimum atomic E-state index is -1.01. The van der Waals surface area contributed by atoms with Crippen molar-refractivity contribution in [3.05, 3.63) is 60.2 Å². The van der Waals surface area contributed by atoms with Gasteiger partial charge < -0.3 is 9.84 Å². The summed E-state index contributed by atoms with van der Waals surface area (Å²) < 4.78 is 4.80. The number of aliphatic hydroxyl groups excluding tert-OH is 1. The summed E-state index contributed by atoms with van der Waals surface area (Å²) in [5, 5.41) is 10.7. The Morgan fingerprint density at radius 2 is 1.62 bits per heavy atom. The highest BCUT2D eigenvalue weighted by molar-refractivity contribution is 5.78. The molecule has 110 valence electrons. The molecule has 0 aliphatic heterocycles. The van der Waals surface area contributed by atoms with Crippen LogP contribution in [0.25, 0.3) is 11.1 Å². The first-order chi connectivity index (χ1) is 9.98. The number of hydrogen-bond donors (Lipinski definition) is 1. The molecule has 0 radical (unpaired) electrons. The Morgan fingerprint density at radius 3 is 2.24 bits per heavy atom. The van der Waals surface area contributed by atoms with Crippen molar-refractivity contribution in [2.24, 2.45) is 5.41 Å². The molecular formula is C18H20O3. The molecule has 0 heterocycles. The zero-order chi connectivity index (χ0) is 15.5. The van der Waals surface area contributed by atoms with Crippen molar-refractivity contribution in [1.29, 1.82) is 0 Å². The van der Waals surface area contributed by atoms with Gasteiger partial charge in [-0.25, -0.2) is 0 Å². The number of carbonyl (C=O) groups is 1. The third kappa shape index (κ3) is 2.98. The summed E-state index contributed by atoms with van der Waals surface area (Å²) >= 11 is 0. The Kier molecular flexibility index (Phi) is 4.43. The smallest absolute Gasteiger partial charge is 0.314 e. The summed E-state index contributed by atoms with van der Waals surface area (Å²) in [7, 11) is 1.33. The highest BCUT2D eigenvalue weighted by Crippen LogP contribution is 2.38. The van der Waals surface area contributed by atoms with E-state index in [9.17, 15) is 9.90 Å². The van der Waals surface area contributed by atoms with E-state index in [1.807, 2.05) is 54.6 Å². The van der Waals surface area contributed by atoms with E-state index in [-0.39, 0.29) is 0 Å². The Morgan fingerprint density at radius 1 is 1.05 bits per heavy atom. The zero-order valence-electron chi connectivity index (χ0n) is 12.5. The van der Waals surface area contributed by atoms with Crippen LogP contribution in [0.1, 0.15) is 25.5 Å². The minimum Gasteiger partial charge on any atom is -0.469 e. The Labute approximate surface area is 125 Å². The standard InChI is InChI=1S/C18H20O3/c1-18(2,17(20)21-3)16(19)15-12-8-7-11-14(15)13-9-5-4-6-10-13/h4-12,16,19H,1-3H3. The van der Waals surface area contributed by atoms with Crippen LogP contribution in [0.3, 0.4) is 0 Å². The molecule has 3 heteroatoms. The molecule has 0 spiro atoms. The first-order valence-electron chi connectivity index (χ1n) is 6.89. The summed E-state index contributed by atoms with van der Waals surface area (Å²) in [6.07, 6.45) is -0.943. The highest BCUT2D eigenvalue weighted by atomic mass is 16.5. The molecule has 21 heavy (non-hydrogen) atoms. The summed E-state index contributed by atoms with van der Waals surface area (Å²) in [5.41, 5.74) is 1.63. The second-order valence-corrected chi connectivity index (χ2v) is 5.57. The van der Waals surface area contributed by atoms with Crippen LogP contribution in [0.4, 0.5) is 0 Å². The summed E-state index contributed by atoms with van der Waals surface area (Å²) in [6.45, 7) is 3.37. The number of aliphatic hydroxyl groups is 1. The van der Waals surface area contributed by atoms with Crippen molar-refractivity contribution in [3.63, 3.8) is 0 Å². The SMILES string of the molecule is COC(=O)C(C)(C)C(O)c1ccccc1-c1ccccc1. The van der Waals surface area contributed by atoms with Crippen molar-refractivity contribution in [2.45, 2.75) is 20.0 Å². The van der Waals surface area contributed by atoms with Crippen molar-refractivity contribution < 1.29 is 14.6 Å². The maximum Gasteiger partial charge on any atom is 0.314 e. The molecule has 0 saturated heterocycles. The van der Waals surface area contributed by atoms with Crippen LogP contribution >= 0.6 is 0 Å². The van der Waals surface area contributed by atoms with E-state index in [1.165, 1.54) is 7.11 Å². The van der Waals surface area contributed by atoms with Crippen LogP contribution in [-0.4, -0.2) is 18.2 Å². The number of carbonyl (C=O) groups excluding carboxylic acids is 1. The monoisotopic (exact) mass is 284 g/mol. The number of esters is 1. The van der Waals surface area contributed by atoms with Crippen molar-refractivity contribution in [1.82, 2.24) is 0 Å².